The SMILES string of the molecule is CC(=O)NC[C@H]1CN(c2ccc(N3CCC(n4cc(C(C)=O)cn4)C3)c(F)c2)C(=O)O1. The summed E-state index contributed by atoms with van der Waals surface area (Å²) in [4.78, 5) is 38.0. The van der Waals surface area contributed by atoms with E-state index in [1.807, 2.05) is 4.90 Å². The maximum atomic E-state index is 14.9. The number of Topliss-reactive ketones (excluding diaryl/α,β-unsaturated/α-hetero) is 1. The lowest BCUT2D eigenvalue weighted by Crippen LogP contribution is -2.33. The molecule has 2 saturated heterocycles. The van der Waals surface area contributed by atoms with E-state index in [2.05, 4.69) is 10.4 Å². The summed E-state index contributed by atoms with van der Waals surface area (Å²) in [5.74, 6) is -0.676. The fourth-order valence-electron chi connectivity index (χ4n) is 3.91. The molecular weight excluding hydrogens is 405 g/mol. The Labute approximate surface area is 178 Å². The summed E-state index contributed by atoms with van der Waals surface area (Å²) in [5, 5.41) is 6.88. The van der Waals surface area contributed by atoms with Crippen molar-refractivity contribution < 1.29 is 23.5 Å². The molecule has 10 heteroatoms. The molecule has 0 bridgehead atoms. The zero-order valence-corrected chi connectivity index (χ0v) is 17.4. The Morgan fingerprint density at radius 1 is 1.29 bits per heavy atom. The van der Waals surface area contributed by atoms with Crippen molar-refractivity contribution in [3.8, 4) is 0 Å². The van der Waals surface area contributed by atoms with E-state index in [1.54, 1.807) is 29.2 Å². The number of halogens is 1. The van der Waals surface area contributed by atoms with E-state index >= 15 is 0 Å². The quantitative estimate of drug-likeness (QED) is 0.707. The van der Waals surface area contributed by atoms with Crippen LogP contribution in [-0.4, -0.2) is 59.8 Å². The van der Waals surface area contributed by atoms with E-state index < -0.39 is 18.0 Å². The van der Waals surface area contributed by atoms with Gasteiger partial charge >= 0.3 is 6.09 Å². The van der Waals surface area contributed by atoms with Gasteiger partial charge in [0.2, 0.25) is 5.91 Å². The van der Waals surface area contributed by atoms with Crippen LogP contribution in [0, 0.1) is 5.82 Å². The maximum absolute atomic E-state index is 14.9. The number of aromatic nitrogens is 2. The molecule has 2 fully saturated rings. The van der Waals surface area contributed by atoms with Gasteiger partial charge in [-0.1, -0.05) is 0 Å². The predicted molar refractivity (Wildman–Crippen MR) is 111 cm³/mol. The third-order valence-electron chi connectivity index (χ3n) is 5.58. The highest BCUT2D eigenvalue weighted by atomic mass is 19.1. The lowest BCUT2D eigenvalue weighted by atomic mass is 10.2. The van der Waals surface area contributed by atoms with Crippen LogP contribution < -0.4 is 15.1 Å². The van der Waals surface area contributed by atoms with Gasteiger partial charge in [-0.15, -0.1) is 0 Å². The number of hydrogen-bond donors (Lipinski definition) is 1. The molecule has 2 aromatic rings. The number of nitrogens with one attached hydrogen (secondary N) is 1. The molecule has 4 rings (SSSR count). The fourth-order valence-corrected chi connectivity index (χ4v) is 3.91. The molecule has 0 aliphatic carbocycles. The summed E-state index contributed by atoms with van der Waals surface area (Å²) >= 11 is 0. The summed E-state index contributed by atoms with van der Waals surface area (Å²) in [5.41, 5.74) is 1.42. The number of cyclic esters (lactones) is 1. The van der Waals surface area contributed by atoms with Gasteiger partial charge in [0.15, 0.2) is 5.78 Å². The van der Waals surface area contributed by atoms with Crippen LogP contribution in [0.2, 0.25) is 0 Å². The van der Waals surface area contributed by atoms with E-state index in [-0.39, 0.29) is 30.8 Å². The molecule has 1 N–H and O–H groups in total. The second-order valence-corrected chi connectivity index (χ2v) is 7.84. The topological polar surface area (TPSA) is 96.8 Å². The molecule has 31 heavy (non-hydrogen) atoms. The minimum Gasteiger partial charge on any atom is -0.442 e. The van der Waals surface area contributed by atoms with Gasteiger partial charge in [0.05, 0.1) is 42.3 Å². The number of anilines is 2. The molecule has 1 unspecified atom stereocenters. The Balaban J connectivity index is 1.42. The Kier molecular flexibility index (Phi) is 5.62. The summed E-state index contributed by atoms with van der Waals surface area (Å²) in [6.07, 6.45) is 3.01. The standard InChI is InChI=1S/C21H24FN5O4/c1-13(28)15-8-24-27(10-15)17-5-6-25(11-17)20-4-3-16(7-19(20)22)26-12-18(31-21(26)30)9-23-14(2)29/h3-4,7-8,10,17-18H,5-6,9,11-12H2,1-2H3,(H,23,29)/t17?,18-/m0/s1. The van der Waals surface area contributed by atoms with Crippen molar-refractivity contribution in [2.75, 3.05) is 36.0 Å². The summed E-state index contributed by atoms with van der Waals surface area (Å²) in [6.45, 7) is 4.56. The summed E-state index contributed by atoms with van der Waals surface area (Å²) < 4.78 is 21.9. The first-order chi connectivity index (χ1) is 14.8. The van der Waals surface area contributed by atoms with Crippen LogP contribution in [0.1, 0.15) is 36.7 Å². The van der Waals surface area contributed by atoms with Crippen LogP contribution in [0.25, 0.3) is 0 Å². The van der Waals surface area contributed by atoms with E-state index in [1.165, 1.54) is 24.8 Å². The van der Waals surface area contributed by atoms with Gasteiger partial charge in [0, 0.05) is 26.2 Å². The van der Waals surface area contributed by atoms with Crippen LogP contribution in [-0.2, 0) is 9.53 Å². The molecule has 2 atom stereocenters. The number of amides is 2. The van der Waals surface area contributed by atoms with Gasteiger partial charge in [0.1, 0.15) is 11.9 Å². The number of hydrogen-bond acceptors (Lipinski definition) is 6. The predicted octanol–water partition coefficient (Wildman–Crippen LogP) is 2.14. The van der Waals surface area contributed by atoms with Crippen molar-refractivity contribution in [3.63, 3.8) is 0 Å². The van der Waals surface area contributed by atoms with Gasteiger partial charge < -0.3 is 15.0 Å². The van der Waals surface area contributed by atoms with Gasteiger partial charge in [-0.25, -0.2) is 9.18 Å². The number of benzene rings is 1. The van der Waals surface area contributed by atoms with Crippen molar-refractivity contribution >= 4 is 29.2 Å². The highest BCUT2D eigenvalue weighted by molar-refractivity contribution is 5.93. The third-order valence-corrected chi connectivity index (χ3v) is 5.58. The molecule has 2 aliphatic heterocycles. The second kappa shape index (κ2) is 8.37. The van der Waals surface area contributed by atoms with E-state index in [4.69, 9.17) is 4.74 Å². The smallest absolute Gasteiger partial charge is 0.414 e. The minimum atomic E-state index is -0.566. The number of nitrogens with zero attached hydrogens (tertiary/aromatic N) is 4. The first-order valence-electron chi connectivity index (χ1n) is 10.1. The van der Waals surface area contributed by atoms with Crippen LogP contribution in [0.4, 0.5) is 20.6 Å². The molecule has 164 valence electrons. The van der Waals surface area contributed by atoms with E-state index in [0.29, 0.717) is 30.0 Å². The first kappa shape index (κ1) is 20.8. The number of ether oxygens (including phenoxy) is 1. The molecule has 9 nitrogen and oxygen atoms in total. The Morgan fingerprint density at radius 2 is 2.10 bits per heavy atom. The number of carbonyl (C=O) groups is 3. The van der Waals surface area contributed by atoms with E-state index in [0.717, 1.165) is 6.42 Å². The molecule has 0 radical (unpaired) electrons. The fraction of sp³-hybridized carbons (Fsp3) is 0.429. The third kappa shape index (κ3) is 4.37. The molecule has 1 aromatic heterocycles. The van der Waals surface area contributed by atoms with E-state index in [9.17, 15) is 18.8 Å². The number of carbonyl (C=O) groups excluding carboxylic acids is 3. The van der Waals surface area contributed by atoms with Gasteiger partial charge in [-0.05, 0) is 31.5 Å². The Morgan fingerprint density at radius 3 is 2.77 bits per heavy atom. The monoisotopic (exact) mass is 429 g/mol. The molecule has 3 heterocycles. The zero-order valence-electron chi connectivity index (χ0n) is 17.4. The molecule has 2 aliphatic rings. The molecule has 2 amide bonds. The van der Waals surface area contributed by atoms with Crippen LogP contribution >= 0.6 is 0 Å². The Bertz CT molecular complexity index is 1020. The molecular formula is C21H24FN5O4. The zero-order chi connectivity index (χ0) is 22.1. The summed E-state index contributed by atoms with van der Waals surface area (Å²) in [7, 11) is 0. The largest absolute Gasteiger partial charge is 0.442 e. The van der Waals surface area contributed by atoms with Crippen molar-refractivity contribution in [3.05, 3.63) is 42.0 Å². The second-order valence-electron chi connectivity index (χ2n) is 7.84. The molecule has 1 aromatic carbocycles. The lowest BCUT2D eigenvalue weighted by Gasteiger charge is -2.21. The molecule has 0 spiro atoms. The van der Waals surface area contributed by atoms with Gasteiger partial charge in [0.25, 0.3) is 0 Å². The highest BCUT2D eigenvalue weighted by Crippen LogP contribution is 2.32. The maximum Gasteiger partial charge on any atom is 0.414 e. The lowest BCUT2D eigenvalue weighted by molar-refractivity contribution is -0.119. The van der Waals surface area contributed by atoms with Crippen molar-refractivity contribution in [2.45, 2.75) is 32.4 Å². The average Bonchev–Trinajstić information content (AvgIpc) is 3.45. The van der Waals surface area contributed by atoms with Crippen LogP contribution in [0.5, 0.6) is 0 Å². The minimum absolute atomic E-state index is 0.0394. The van der Waals surface area contributed by atoms with Crippen LogP contribution in [0.15, 0.2) is 30.6 Å². The average molecular weight is 429 g/mol. The highest BCUT2D eigenvalue weighted by Gasteiger charge is 2.33. The normalized spacial score (nSPS) is 20.8. The Hall–Kier alpha value is -3.43. The van der Waals surface area contributed by atoms with Gasteiger partial charge in [-0.3, -0.25) is 19.2 Å². The van der Waals surface area contributed by atoms with Crippen molar-refractivity contribution in [2.24, 2.45) is 0 Å². The number of ketones is 1. The van der Waals surface area contributed by atoms with Gasteiger partial charge in [-0.2, -0.15) is 5.10 Å². The number of rotatable bonds is 6. The summed E-state index contributed by atoms with van der Waals surface area (Å²) in [6, 6.07) is 4.73. The van der Waals surface area contributed by atoms with Crippen LogP contribution in [0.3, 0.4) is 0 Å². The molecule has 0 saturated carbocycles. The van der Waals surface area contributed by atoms with Crippen molar-refractivity contribution in [1.29, 1.82) is 0 Å². The first-order valence-corrected chi connectivity index (χ1v) is 10.1. The van der Waals surface area contributed by atoms with Crippen molar-refractivity contribution in [1.82, 2.24) is 15.1 Å².